The maximum Gasteiger partial charge on any atom is 0.263 e. The van der Waals surface area contributed by atoms with E-state index in [0.717, 1.165) is 10.9 Å². The van der Waals surface area contributed by atoms with Crippen LogP contribution in [0.25, 0.3) is 10.8 Å². The van der Waals surface area contributed by atoms with Crippen molar-refractivity contribution in [3.8, 4) is 0 Å². The summed E-state index contributed by atoms with van der Waals surface area (Å²) in [6.07, 6.45) is 1.61. The van der Waals surface area contributed by atoms with E-state index in [1.54, 1.807) is 36.5 Å². The number of sulfonamides is 1. The summed E-state index contributed by atoms with van der Waals surface area (Å²) in [5.74, 6) is 0.273. The van der Waals surface area contributed by atoms with Crippen LogP contribution < -0.4 is 4.72 Å². The Hall–Kier alpha value is -2.11. The summed E-state index contributed by atoms with van der Waals surface area (Å²) >= 11 is 6.18. The van der Waals surface area contributed by atoms with Crippen LogP contribution in [-0.2, 0) is 10.0 Å². The minimum Gasteiger partial charge on any atom is -0.263 e. The zero-order valence-corrected chi connectivity index (χ0v) is 13.3. The lowest BCUT2D eigenvalue weighted by Crippen LogP contribution is -2.14. The molecule has 1 N–H and O–H groups in total. The highest BCUT2D eigenvalue weighted by molar-refractivity contribution is 7.93. The molecule has 0 atom stereocenters. The summed E-state index contributed by atoms with van der Waals surface area (Å²) in [4.78, 5) is 4.21. The lowest BCUT2D eigenvalue weighted by atomic mass is 10.1. The molecule has 0 aliphatic heterocycles. The molecule has 0 radical (unpaired) electrons. The summed E-state index contributed by atoms with van der Waals surface area (Å²) in [5, 5.41) is 1.67. The van der Waals surface area contributed by atoms with Crippen molar-refractivity contribution in [2.45, 2.75) is 11.8 Å². The summed E-state index contributed by atoms with van der Waals surface area (Å²) in [6, 6.07) is 13.7. The second-order valence-corrected chi connectivity index (χ2v) is 6.98. The molecule has 0 aliphatic rings. The van der Waals surface area contributed by atoms with Gasteiger partial charge in [0.25, 0.3) is 10.0 Å². The second-order valence-electron chi connectivity index (χ2n) is 4.92. The number of pyridine rings is 1. The van der Waals surface area contributed by atoms with E-state index in [9.17, 15) is 8.42 Å². The Morgan fingerprint density at radius 3 is 2.45 bits per heavy atom. The topological polar surface area (TPSA) is 59.1 Å². The lowest BCUT2D eigenvalue weighted by molar-refractivity contribution is 0.602. The van der Waals surface area contributed by atoms with E-state index >= 15 is 0 Å². The Morgan fingerprint density at radius 2 is 1.77 bits per heavy atom. The van der Waals surface area contributed by atoms with Crippen LogP contribution in [0.1, 0.15) is 5.56 Å². The van der Waals surface area contributed by atoms with Gasteiger partial charge in [-0.2, -0.15) is 0 Å². The van der Waals surface area contributed by atoms with Crippen molar-refractivity contribution in [2.24, 2.45) is 0 Å². The van der Waals surface area contributed by atoms with Gasteiger partial charge in [0.1, 0.15) is 5.82 Å². The molecule has 1 aromatic heterocycles. The number of anilines is 1. The monoisotopic (exact) mass is 332 g/mol. The first kappa shape index (κ1) is 14.8. The maximum absolute atomic E-state index is 12.6. The molecule has 112 valence electrons. The molecule has 22 heavy (non-hydrogen) atoms. The zero-order valence-electron chi connectivity index (χ0n) is 11.7. The number of hydrogen-bond donors (Lipinski definition) is 1. The summed E-state index contributed by atoms with van der Waals surface area (Å²) in [6.45, 7) is 1.88. The van der Waals surface area contributed by atoms with E-state index in [1.165, 1.54) is 6.07 Å². The molecular formula is C16H13ClN2O2S. The van der Waals surface area contributed by atoms with Crippen molar-refractivity contribution in [2.75, 3.05) is 4.72 Å². The van der Waals surface area contributed by atoms with Crippen LogP contribution in [0.5, 0.6) is 0 Å². The number of rotatable bonds is 3. The lowest BCUT2D eigenvalue weighted by Gasteiger charge is -2.11. The van der Waals surface area contributed by atoms with E-state index in [-0.39, 0.29) is 10.7 Å². The fourth-order valence-corrected chi connectivity index (χ4v) is 3.81. The van der Waals surface area contributed by atoms with Gasteiger partial charge in [-0.3, -0.25) is 4.72 Å². The minimum atomic E-state index is -3.77. The number of benzene rings is 2. The molecule has 0 spiro atoms. The Morgan fingerprint density at radius 1 is 1.05 bits per heavy atom. The maximum atomic E-state index is 12.6. The molecule has 0 fully saturated rings. The van der Waals surface area contributed by atoms with Gasteiger partial charge in [-0.1, -0.05) is 41.9 Å². The Bertz CT molecular complexity index is 933. The molecule has 0 saturated carbocycles. The van der Waals surface area contributed by atoms with Gasteiger partial charge < -0.3 is 0 Å². The van der Waals surface area contributed by atoms with E-state index in [2.05, 4.69) is 9.71 Å². The molecule has 0 aliphatic carbocycles. The second kappa shape index (κ2) is 5.59. The van der Waals surface area contributed by atoms with Crippen LogP contribution >= 0.6 is 11.6 Å². The van der Waals surface area contributed by atoms with Crippen LogP contribution in [0.15, 0.2) is 59.6 Å². The third-order valence-electron chi connectivity index (χ3n) is 3.26. The van der Waals surface area contributed by atoms with Crippen molar-refractivity contribution < 1.29 is 8.42 Å². The quantitative estimate of drug-likeness (QED) is 0.788. The minimum absolute atomic E-state index is 0.137. The molecule has 0 amide bonds. The van der Waals surface area contributed by atoms with E-state index in [1.807, 2.05) is 19.1 Å². The van der Waals surface area contributed by atoms with Crippen LogP contribution in [0.3, 0.4) is 0 Å². The molecule has 6 heteroatoms. The average Bonchev–Trinajstić information content (AvgIpc) is 2.49. The molecule has 3 rings (SSSR count). The molecule has 4 nitrogen and oxygen atoms in total. The summed E-state index contributed by atoms with van der Waals surface area (Å²) < 4.78 is 27.8. The number of nitrogens with zero attached hydrogens (tertiary/aromatic N) is 1. The number of fused-ring (bicyclic) bond motifs is 1. The highest BCUT2D eigenvalue weighted by Crippen LogP contribution is 2.30. The predicted molar refractivity (Wildman–Crippen MR) is 88.7 cm³/mol. The van der Waals surface area contributed by atoms with E-state index in [0.29, 0.717) is 10.4 Å². The van der Waals surface area contributed by atoms with Crippen LogP contribution in [0, 0.1) is 6.92 Å². The number of aryl methyl sites for hydroxylation is 1. The fourth-order valence-electron chi connectivity index (χ4n) is 2.21. The van der Waals surface area contributed by atoms with Crippen molar-refractivity contribution in [3.63, 3.8) is 0 Å². The fraction of sp³-hybridized carbons (Fsp3) is 0.0625. The first-order chi connectivity index (χ1) is 10.5. The standard InChI is InChI=1S/C16H13ClN2O2S/c1-11-8-9-15(18-10-11)19-22(20,21)14-7-3-5-12-4-2-6-13(17)16(12)14/h2-10H,1H3,(H,18,19). The molecule has 3 aromatic rings. The van der Waals surface area contributed by atoms with Gasteiger partial charge >= 0.3 is 0 Å². The van der Waals surface area contributed by atoms with Crippen LogP contribution in [0.2, 0.25) is 5.02 Å². The highest BCUT2D eigenvalue weighted by atomic mass is 35.5. The van der Waals surface area contributed by atoms with E-state index < -0.39 is 10.0 Å². The number of halogens is 1. The van der Waals surface area contributed by atoms with Gasteiger partial charge in [0.15, 0.2) is 0 Å². The third kappa shape index (κ3) is 2.77. The van der Waals surface area contributed by atoms with Gasteiger partial charge in [-0.15, -0.1) is 0 Å². The van der Waals surface area contributed by atoms with Gasteiger partial charge in [0.2, 0.25) is 0 Å². The summed E-state index contributed by atoms with van der Waals surface area (Å²) in [5.41, 5.74) is 0.955. The first-order valence-corrected chi connectivity index (χ1v) is 8.46. The van der Waals surface area contributed by atoms with E-state index in [4.69, 9.17) is 11.6 Å². The van der Waals surface area contributed by atoms with Gasteiger partial charge in [0, 0.05) is 16.6 Å². The number of nitrogens with one attached hydrogen (secondary N) is 1. The average molecular weight is 333 g/mol. The van der Waals surface area contributed by atoms with Crippen LogP contribution in [0.4, 0.5) is 5.82 Å². The first-order valence-electron chi connectivity index (χ1n) is 6.60. The van der Waals surface area contributed by atoms with Crippen molar-refractivity contribution in [1.29, 1.82) is 0 Å². The molecule has 1 heterocycles. The SMILES string of the molecule is Cc1ccc(NS(=O)(=O)c2cccc3cccc(Cl)c23)nc1. The number of hydrogen-bond acceptors (Lipinski definition) is 3. The highest BCUT2D eigenvalue weighted by Gasteiger charge is 2.19. The molecular weight excluding hydrogens is 320 g/mol. The molecule has 0 saturated heterocycles. The molecule has 0 bridgehead atoms. The van der Waals surface area contributed by atoms with Gasteiger partial charge in [-0.05, 0) is 36.1 Å². The van der Waals surface area contributed by atoms with Gasteiger partial charge in [0.05, 0.1) is 4.90 Å². The Balaban J connectivity index is 2.11. The summed E-state index contributed by atoms with van der Waals surface area (Å²) in [7, 11) is -3.77. The zero-order chi connectivity index (χ0) is 15.7. The Labute approximate surface area is 133 Å². The smallest absolute Gasteiger partial charge is 0.263 e. The predicted octanol–water partition coefficient (Wildman–Crippen LogP) is 4.00. The van der Waals surface area contributed by atoms with Crippen LogP contribution in [-0.4, -0.2) is 13.4 Å². The largest absolute Gasteiger partial charge is 0.263 e. The third-order valence-corrected chi connectivity index (χ3v) is 4.97. The molecule has 0 unspecified atom stereocenters. The molecule has 2 aromatic carbocycles. The van der Waals surface area contributed by atoms with Gasteiger partial charge in [-0.25, -0.2) is 13.4 Å². The van der Waals surface area contributed by atoms with Crippen molar-refractivity contribution >= 4 is 38.2 Å². The number of aromatic nitrogens is 1. The van der Waals surface area contributed by atoms with Crippen molar-refractivity contribution in [3.05, 3.63) is 65.3 Å². The Kier molecular flexibility index (Phi) is 3.76. The normalized spacial score (nSPS) is 11.5. The van der Waals surface area contributed by atoms with Crippen molar-refractivity contribution in [1.82, 2.24) is 4.98 Å².